The fourth-order valence-electron chi connectivity index (χ4n) is 4.97. The molecule has 4 rings (SSSR count). The zero-order valence-electron chi connectivity index (χ0n) is 19.8. The maximum absolute atomic E-state index is 12.6. The topological polar surface area (TPSA) is 60.5 Å². The van der Waals surface area contributed by atoms with Crippen molar-refractivity contribution in [2.75, 3.05) is 19.6 Å². The number of para-hydroxylation sites is 1. The van der Waals surface area contributed by atoms with E-state index in [1.807, 2.05) is 61.5 Å². The zero-order chi connectivity index (χ0) is 23.2. The first kappa shape index (κ1) is 23.1. The van der Waals surface area contributed by atoms with Gasteiger partial charge in [0.15, 0.2) is 0 Å². The molecule has 1 aliphatic rings. The highest BCUT2D eigenvalue weighted by molar-refractivity contribution is 6.02. The highest BCUT2D eigenvalue weighted by Crippen LogP contribution is 2.36. The molecular weight excluding hydrogens is 410 g/mol. The van der Waals surface area contributed by atoms with Crippen molar-refractivity contribution in [3.63, 3.8) is 0 Å². The molecule has 2 N–H and O–H groups in total. The SMILES string of the molecule is CCCc1c(-c2cccc(Oc3ccccc3)c2)c(C(N)=O)c(C)n1CCN1CCCCC1. The van der Waals surface area contributed by atoms with Crippen LogP contribution >= 0.6 is 0 Å². The summed E-state index contributed by atoms with van der Waals surface area (Å²) in [6, 6.07) is 17.7. The standard InChI is InChI=1S/C28H35N3O2/c1-3-11-25-27(22-12-10-15-24(20-22)33-23-13-6-4-7-14-23)26(28(29)32)21(2)31(25)19-18-30-16-8-5-9-17-30/h4,6-7,10,12-15,20H,3,5,8-9,11,16-19H2,1-2H3,(H2,29,32). The fraction of sp³-hybridized carbons (Fsp3) is 0.393. The Balaban J connectivity index is 1.72. The molecule has 1 fully saturated rings. The summed E-state index contributed by atoms with van der Waals surface area (Å²) in [5.41, 5.74) is 10.7. The number of primary amides is 1. The molecule has 2 heterocycles. The molecule has 1 saturated heterocycles. The molecule has 5 heteroatoms. The van der Waals surface area contributed by atoms with Crippen molar-refractivity contribution < 1.29 is 9.53 Å². The average Bonchev–Trinajstić information content (AvgIpc) is 3.11. The third kappa shape index (κ3) is 5.31. The minimum absolute atomic E-state index is 0.369. The van der Waals surface area contributed by atoms with Crippen LogP contribution in [0.2, 0.25) is 0 Å². The van der Waals surface area contributed by atoms with Crippen LogP contribution < -0.4 is 10.5 Å². The summed E-state index contributed by atoms with van der Waals surface area (Å²) >= 11 is 0. The van der Waals surface area contributed by atoms with Crippen molar-refractivity contribution in [3.8, 4) is 22.6 Å². The molecule has 0 saturated carbocycles. The van der Waals surface area contributed by atoms with Gasteiger partial charge in [0.05, 0.1) is 5.56 Å². The van der Waals surface area contributed by atoms with Crippen molar-refractivity contribution in [1.82, 2.24) is 9.47 Å². The largest absolute Gasteiger partial charge is 0.457 e. The normalized spacial score (nSPS) is 14.4. The van der Waals surface area contributed by atoms with Crippen molar-refractivity contribution in [2.45, 2.75) is 52.5 Å². The van der Waals surface area contributed by atoms with E-state index in [2.05, 4.69) is 16.4 Å². The number of rotatable bonds is 9. The number of amides is 1. The van der Waals surface area contributed by atoms with Crippen LogP contribution in [-0.2, 0) is 13.0 Å². The molecule has 0 atom stereocenters. The van der Waals surface area contributed by atoms with Gasteiger partial charge in [-0.1, -0.05) is 50.1 Å². The number of carbonyl (C=O) groups excluding carboxylic acids is 1. The van der Waals surface area contributed by atoms with Crippen LogP contribution in [0.3, 0.4) is 0 Å². The molecule has 1 amide bonds. The van der Waals surface area contributed by atoms with Gasteiger partial charge < -0.3 is 19.9 Å². The molecule has 0 aliphatic carbocycles. The predicted molar refractivity (Wildman–Crippen MR) is 134 cm³/mol. The molecule has 1 aromatic heterocycles. The maximum atomic E-state index is 12.6. The quantitative estimate of drug-likeness (QED) is 0.453. The van der Waals surface area contributed by atoms with Gasteiger partial charge in [-0.25, -0.2) is 0 Å². The summed E-state index contributed by atoms with van der Waals surface area (Å²) in [6.45, 7) is 8.42. The summed E-state index contributed by atoms with van der Waals surface area (Å²) in [7, 11) is 0. The van der Waals surface area contributed by atoms with Crippen molar-refractivity contribution in [3.05, 3.63) is 71.5 Å². The third-order valence-electron chi connectivity index (χ3n) is 6.55. The van der Waals surface area contributed by atoms with E-state index in [1.54, 1.807) is 0 Å². The van der Waals surface area contributed by atoms with E-state index in [9.17, 15) is 4.79 Å². The number of hydrogen-bond acceptors (Lipinski definition) is 3. The summed E-state index contributed by atoms with van der Waals surface area (Å²) in [4.78, 5) is 15.2. The van der Waals surface area contributed by atoms with Crippen LogP contribution in [-0.4, -0.2) is 35.0 Å². The average molecular weight is 446 g/mol. The number of ether oxygens (including phenoxy) is 1. The van der Waals surface area contributed by atoms with Crippen LogP contribution in [0.5, 0.6) is 11.5 Å². The Kier molecular flexibility index (Phi) is 7.50. The van der Waals surface area contributed by atoms with Crippen LogP contribution in [0, 0.1) is 6.92 Å². The van der Waals surface area contributed by atoms with E-state index in [0.717, 1.165) is 67.3 Å². The number of likely N-dealkylation sites (tertiary alicyclic amines) is 1. The Hall–Kier alpha value is -3.05. The maximum Gasteiger partial charge on any atom is 0.251 e. The second kappa shape index (κ2) is 10.7. The number of carbonyl (C=O) groups is 1. The molecule has 0 unspecified atom stereocenters. The number of hydrogen-bond donors (Lipinski definition) is 1. The molecule has 1 aliphatic heterocycles. The highest BCUT2D eigenvalue weighted by atomic mass is 16.5. The molecule has 0 spiro atoms. The molecule has 174 valence electrons. The second-order valence-electron chi connectivity index (χ2n) is 8.89. The molecule has 0 bridgehead atoms. The van der Waals surface area contributed by atoms with Gasteiger partial charge in [-0.2, -0.15) is 0 Å². The first-order valence-electron chi connectivity index (χ1n) is 12.2. The lowest BCUT2D eigenvalue weighted by molar-refractivity contribution is 0.1000. The van der Waals surface area contributed by atoms with E-state index in [-0.39, 0.29) is 5.91 Å². The van der Waals surface area contributed by atoms with Gasteiger partial charge in [-0.3, -0.25) is 4.79 Å². The Morgan fingerprint density at radius 3 is 2.39 bits per heavy atom. The zero-order valence-corrected chi connectivity index (χ0v) is 19.8. The number of nitrogens with two attached hydrogens (primary N) is 1. The van der Waals surface area contributed by atoms with Crippen molar-refractivity contribution in [2.24, 2.45) is 5.73 Å². The Labute approximate surface area is 197 Å². The van der Waals surface area contributed by atoms with E-state index >= 15 is 0 Å². The number of benzene rings is 2. The van der Waals surface area contributed by atoms with Gasteiger partial charge in [0, 0.05) is 30.0 Å². The molecule has 5 nitrogen and oxygen atoms in total. The van der Waals surface area contributed by atoms with Gasteiger partial charge in [-0.05, 0) is 69.1 Å². The van der Waals surface area contributed by atoms with E-state index in [1.165, 1.54) is 25.0 Å². The van der Waals surface area contributed by atoms with E-state index in [4.69, 9.17) is 10.5 Å². The van der Waals surface area contributed by atoms with Crippen LogP contribution in [0.4, 0.5) is 0 Å². The minimum atomic E-state index is -0.369. The van der Waals surface area contributed by atoms with Crippen LogP contribution in [0.25, 0.3) is 11.1 Å². The number of aromatic nitrogens is 1. The van der Waals surface area contributed by atoms with Gasteiger partial charge >= 0.3 is 0 Å². The molecule has 33 heavy (non-hydrogen) atoms. The summed E-state index contributed by atoms with van der Waals surface area (Å²) in [6.07, 6.45) is 5.78. The number of piperidine rings is 1. The van der Waals surface area contributed by atoms with Crippen molar-refractivity contribution >= 4 is 5.91 Å². The lowest BCUT2D eigenvalue weighted by Crippen LogP contribution is -2.33. The van der Waals surface area contributed by atoms with Crippen LogP contribution in [0.15, 0.2) is 54.6 Å². The van der Waals surface area contributed by atoms with Gasteiger partial charge in [0.1, 0.15) is 11.5 Å². The van der Waals surface area contributed by atoms with Crippen LogP contribution in [0.1, 0.15) is 54.4 Å². The first-order valence-corrected chi connectivity index (χ1v) is 12.2. The van der Waals surface area contributed by atoms with Crippen molar-refractivity contribution in [1.29, 1.82) is 0 Å². The highest BCUT2D eigenvalue weighted by Gasteiger charge is 2.25. The Morgan fingerprint density at radius 2 is 1.70 bits per heavy atom. The Morgan fingerprint density at radius 1 is 0.970 bits per heavy atom. The molecular formula is C28H35N3O2. The summed E-state index contributed by atoms with van der Waals surface area (Å²) in [5.74, 6) is 1.16. The van der Waals surface area contributed by atoms with E-state index in [0.29, 0.717) is 5.56 Å². The number of nitrogens with zero attached hydrogens (tertiary/aromatic N) is 2. The lowest BCUT2D eigenvalue weighted by Gasteiger charge is -2.27. The smallest absolute Gasteiger partial charge is 0.251 e. The molecule has 0 radical (unpaired) electrons. The minimum Gasteiger partial charge on any atom is -0.457 e. The fourth-order valence-corrected chi connectivity index (χ4v) is 4.97. The molecule has 2 aromatic carbocycles. The van der Waals surface area contributed by atoms with Gasteiger partial charge in [-0.15, -0.1) is 0 Å². The second-order valence-corrected chi connectivity index (χ2v) is 8.89. The molecule has 3 aromatic rings. The Bertz CT molecular complexity index is 1080. The summed E-state index contributed by atoms with van der Waals surface area (Å²) < 4.78 is 8.41. The monoisotopic (exact) mass is 445 g/mol. The lowest BCUT2D eigenvalue weighted by atomic mass is 9.98. The summed E-state index contributed by atoms with van der Waals surface area (Å²) in [5, 5.41) is 0. The van der Waals surface area contributed by atoms with Gasteiger partial charge in [0.2, 0.25) is 0 Å². The van der Waals surface area contributed by atoms with Gasteiger partial charge in [0.25, 0.3) is 5.91 Å². The third-order valence-corrected chi connectivity index (χ3v) is 6.55. The predicted octanol–water partition coefficient (Wildman–Crippen LogP) is 5.79. The first-order chi connectivity index (χ1) is 16.1. The van der Waals surface area contributed by atoms with E-state index < -0.39 is 0 Å².